The van der Waals surface area contributed by atoms with Crippen LogP contribution in [-0.4, -0.2) is 28.9 Å². The Morgan fingerprint density at radius 1 is 1.05 bits per heavy atom. The Hall–Kier alpha value is -1.59. The number of aliphatic carboxylic acids is 1. The van der Waals surface area contributed by atoms with E-state index in [0.717, 1.165) is 19.3 Å². The molecular formula is C16H30N2O4. The fourth-order valence-electron chi connectivity index (χ4n) is 2.22. The number of hydrogen-bond donors (Lipinski definition) is 3. The van der Waals surface area contributed by atoms with Crippen molar-refractivity contribution >= 4 is 17.8 Å². The van der Waals surface area contributed by atoms with Crippen molar-refractivity contribution in [2.24, 2.45) is 11.7 Å². The molecule has 0 aliphatic heterocycles. The lowest BCUT2D eigenvalue weighted by atomic mass is 10.0. The predicted octanol–water partition coefficient (Wildman–Crippen LogP) is 2.21. The van der Waals surface area contributed by atoms with Gasteiger partial charge in [0.15, 0.2) is 0 Å². The molecule has 0 aromatic carbocycles. The third-order valence-electron chi connectivity index (χ3n) is 3.73. The summed E-state index contributed by atoms with van der Waals surface area (Å²) in [6.07, 6.45) is 7.66. The van der Waals surface area contributed by atoms with Gasteiger partial charge in [-0.15, -0.1) is 0 Å². The summed E-state index contributed by atoms with van der Waals surface area (Å²) in [5, 5.41) is 11.5. The van der Waals surface area contributed by atoms with E-state index in [1.165, 1.54) is 25.7 Å². The molecule has 4 N–H and O–H groups in total. The molecule has 0 fully saturated rings. The maximum Gasteiger partial charge on any atom is 0.326 e. The van der Waals surface area contributed by atoms with Crippen molar-refractivity contribution in [3.8, 4) is 0 Å². The topological polar surface area (TPSA) is 109 Å². The van der Waals surface area contributed by atoms with E-state index in [0.29, 0.717) is 0 Å². The molecule has 6 heteroatoms. The summed E-state index contributed by atoms with van der Waals surface area (Å²) in [5.41, 5.74) is 5.00. The van der Waals surface area contributed by atoms with Crippen molar-refractivity contribution in [2.75, 3.05) is 0 Å². The van der Waals surface area contributed by atoms with Gasteiger partial charge < -0.3 is 16.2 Å². The molecule has 0 aromatic rings. The quantitative estimate of drug-likeness (QED) is 0.453. The van der Waals surface area contributed by atoms with Gasteiger partial charge in [-0.05, 0) is 12.8 Å². The van der Waals surface area contributed by atoms with Gasteiger partial charge in [0.2, 0.25) is 11.8 Å². The van der Waals surface area contributed by atoms with Gasteiger partial charge in [0, 0.05) is 12.3 Å². The zero-order valence-corrected chi connectivity index (χ0v) is 13.8. The second-order valence-electron chi connectivity index (χ2n) is 5.86. The molecule has 2 unspecified atom stereocenters. The number of amides is 2. The Labute approximate surface area is 132 Å². The van der Waals surface area contributed by atoms with Crippen LogP contribution in [0.5, 0.6) is 0 Å². The summed E-state index contributed by atoms with van der Waals surface area (Å²) in [5.74, 6) is -2.20. The molecular weight excluding hydrogens is 284 g/mol. The zero-order chi connectivity index (χ0) is 17.0. The Morgan fingerprint density at radius 3 is 2.18 bits per heavy atom. The minimum Gasteiger partial charge on any atom is -0.480 e. The molecule has 0 radical (unpaired) electrons. The number of rotatable bonds is 13. The van der Waals surface area contributed by atoms with Crippen LogP contribution in [0.1, 0.15) is 71.6 Å². The number of carbonyl (C=O) groups is 3. The number of nitrogens with two attached hydrogens (primary N) is 1. The molecule has 0 spiro atoms. The van der Waals surface area contributed by atoms with Crippen LogP contribution in [0, 0.1) is 5.92 Å². The maximum atomic E-state index is 12.0. The highest BCUT2D eigenvalue weighted by molar-refractivity contribution is 5.85. The van der Waals surface area contributed by atoms with Crippen LogP contribution in [-0.2, 0) is 14.4 Å². The number of unbranched alkanes of at least 4 members (excludes halogenated alkanes) is 5. The molecule has 0 saturated heterocycles. The standard InChI is InChI=1S/C16H30N2O4/c1-3-4-5-6-7-8-9-12(2)15(20)18-13(16(21)22)10-11-14(17)19/h12-13H,3-11H2,1-2H3,(H2,17,19)(H,18,20)(H,21,22). The van der Waals surface area contributed by atoms with Crippen molar-refractivity contribution in [1.29, 1.82) is 0 Å². The molecule has 6 nitrogen and oxygen atoms in total. The molecule has 128 valence electrons. The monoisotopic (exact) mass is 314 g/mol. The van der Waals surface area contributed by atoms with Crippen molar-refractivity contribution < 1.29 is 19.5 Å². The van der Waals surface area contributed by atoms with Gasteiger partial charge in [-0.1, -0.05) is 52.4 Å². The van der Waals surface area contributed by atoms with E-state index in [1.807, 2.05) is 0 Å². The number of nitrogens with one attached hydrogen (secondary N) is 1. The van der Waals surface area contributed by atoms with Crippen molar-refractivity contribution in [3.05, 3.63) is 0 Å². The van der Waals surface area contributed by atoms with Crippen molar-refractivity contribution in [3.63, 3.8) is 0 Å². The second kappa shape index (κ2) is 12.0. The second-order valence-corrected chi connectivity index (χ2v) is 5.86. The highest BCUT2D eigenvalue weighted by Gasteiger charge is 2.23. The molecule has 0 aliphatic rings. The molecule has 0 aliphatic carbocycles. The summed E-state index contributed by atoms with van der Waals surface area (Å²) in [7, 11) is 0. The van der Waals surface area contributed by atoms with Gasteiger partial charge in [-0.3, -0.25) is 9.59 Å². The van der Waals surface area contributed by atoms with E-state index in [2.05, 4.69) is 12.2 Å². The highest BCUT2D eigenvalue weighted by atomic mass is 16.4. The third-order valence-corrected chi connectivity index (χ3v) is 3.73. The molecule has 0 bridgehead atoms. The van der Waals surface area contributed by atoms with E-state index in [9.17, 15) is 14.4 Å². The fourth-order valence-corrected chi connectivity index (χ4v) is 2.22. The van der Waals surface area contributed by atoms with Crippen LogP contribution in [0.2, 0.25) is 0 Å². The highest BCUT2D eigenvalue weighted by Crippen LogP contribution is 2.12. The summed E-state index contributed by atoms with van der Waals surface area (Å²) >= 11 is 0. The van der Waals surface area contributed by atoms with Gasteiger partial charge in [-0.2, -0.15) is 0 Å². The normalized spacial score (nSPS) is 13.4. The maximum absolute atomic E-state index is 12.0. The third kappa shape index (κ3) is 10.2. The van der Waals surface area contributed by atoms with E-state index >= 15 is 0 Å². The minimum absolute atomic E-state index is 0.0279. The Morgan fingerprint density at radius 2 is 1.64 bits per heavy atom. The Kier molecular flexibility index (Phi) is 11.1. The molecule has 0 heterocycles. The number of carboxylic acids is 1. The first-order chi connectivity index (χ1) is 10.4. The van der Waals surface area contributed by atoms with Crippen LogP contribution in [0.15, 0.2) is 0 Å². The first-order valence-corrected chi connectivity index (χ1v) is 8.20. The van der Waals surface area contributed by atoms with Gasteiger partial charge in [0.05, 0.1) is 0 Å². The van der Waals surface area contributed by atoms with Crippen LogP contribution in [0.4, 0.5) is 0 Å². The summed E-state index contributed by atoms with van der Waals surface area (Å²) in [4.78, 5) is 33.8. The zero-order valence-electron chi connectivity index (χ0n) is 13.8. The van der Waals surface area contributed by atoms with E-state index in [1.54, 1.807) is 6.92 Å². The molecule has 0 aromatic heterocycles. The van der Waals surface area contributed by atoms with E-state index in [-0.39, 0.29) is 24.7 Å². The minimum atomic E-state index is -1.14. The van der Waals surface area contributed by atoms with Crippen molar-refractivity contribution in [2.45, 2.75) is 77.7 Å². The predicted molar refractivity (Wildman–Crippen MR) is 85.2 cm³/mol. The summed E-state index contributed by atoms with van der Waals surface area (Å²) in [6, 6.07) is -1.05. The SMILES string of the molecule is CCCCCCCCC(C)C(=O)NC(CCC(N)=O)C(=O)O. The van der Waals surface area contributed by atoms with Crippen molar-refractivity contribution in [1.82, 2.24) is 5.32 Å². The lowest BCUT2D eigenvalue weighted by molar-refractivity contribution is -0.142. The molecule has 2 amide bonds. The van der Waals surface area contributed by atoms with Crippen LogP contribution in [0.3, 0.4) is 0 Å². The molecule has 2 atom stereocenters. The molecule has 0 saturated carbocycles. The summed E-state index contributed by atoms with van der Waals surface area (Å²) < 4.78 is 0. The van der Waals surface area contributed by atoms with E-state index in [4.69, 9.17) is 10.8 Å². The largest absolute Gasteiger partial charge is 0.480 e. The number of carbonyl (C=O) groups excluding carboxylic acids is 2. The van der Waals surface area contributed by atoms with Crippen LogP contribution in [0.25, 0.3) is 0 Å². The Bertz CT molecular complexity index is 358. The molecule has 0 rings (SSSR count). The summed E-state index contributed by atoms with van der Waals surface area (Å²) in [6.45, 7) is 3.97. The van der Waals surface area contributed by atoms with Crippen LogP contribution < -0.4 is 11.1 Å². The van der Waals surface area contributed by atoms with Gasteiger partial charge >= 0.3 is 5.97 Å². The van der Waals surface area contributed by atoms with Gasteiger partial charge in [0.25, 0.3) is 0 Å². The lowest BCUT2D eigenvalue weighted by Crippen LogP contribution is -2.43. The van der Waals surface area contributed by atoms with Gasteiger partial charge in [-0.25, -0.2) is 4.79 Å². The number of carboxylic acid groups (broad SMARTS) is 1. The first kappa shape index (κ1) is 20.4. The average Bonchev–Trinajstić information content (AvgIpc) is 2.45. The smallest absolute Gasteiger partial charge is 0.326 e. The molecule has 22 heavy (non-hydrogen) atoms. The number of hydrogen-bond acceptors (Lipinski definition) is 3. The van der Waals surface area contributed by atoms with Gasteiger partial charge in [0.1, 0.15) is 6.04 Å². The fraction of sp³-hybridized carbons (Fsp3) is 0.812. The average molecular weight is 314 g/mol. The van der Waals surface area contributed by atoms with E-state index < -0.39 is 17.9 Å². The lowest BCUT2D eigenvalue weighted by Gasteiger charge is -2.17. The Balaban J connectivity index is 4.03. The first-order valence-electron chi connectivity index (χ1n) is 8.20. The number of primary amides is 1. The van der Waals surface area contributed by atoms with Crippen LogP contribution >= 0.6 is 0 Å².